The molecular formula is C13H13NO3. The molecule has 0 aliphatic heterocycles. The molecule has 0 atom stereocenters. The number of carbonyl (C=O) groups excluding carboxylic acids is 1. The number of fused-ring (bicyclic) bond motifs is 1. The summed E-state index contributed by atoms with van der Waals surface area (Å²) in [6.45, 7) is 3.73. The molecule has 4 heteroatoms. The first-order chi connectivity index (χ1) is 8.08. The summed E-state index contributed by atoms with van der Waals surface area (Å²) in [4.78, 5) is 23.3. The highest BCUT2D eigenvalue weighted by atomic mass is 16.4. The van der Waals surface area contributed by atoms with E-state index in [1.165, 1.54) is 6.07 Å². The second kappa shape index (κ2) is 4.41. The van der Waals surface area contributed by atoms with Gasteiger partial charge in [-0.15, -0.1) is 0 Å². The van der Waals surface area contributed by atoms with E-state index in [2.05, 4.69) is 5.32 Å². The molecule has 2 aromatic rings. The fourth-order valence-electron chi connectivity index (χ4n) is 1.64. The van der Waals surface area contributed by atoms with E-state index in [9.17, 15) is 9.59 Å². The molecule has 0 bridgehead atoms. The zero-order valence-electron chi connectivity index (χ0n) is 9.69. The predicted molar refractivity (Wildman–Crippen MR) is 65.1 cm³/mol. The fourth-order valence-corrected chi connectivity index (χ4v) is 1.64. The maximum Gasteiger partial charge on any atom is 0.337 e. The molecule has 0 saturated heterocycles. The van der Waals surface area contributed by atoms with Crippen LogP contribution in [0.5, 0.6) is 0 Å². The molecule has 1 heterocycles. The van der Waals surface area contributed by atoms with Gasteiger partial charge in [-0.25, -0.2) is 4.79 Å². The Morgan fingerprint density at radius 3 is 2.71 bits per heavy atom. The van der Waals surface area contributed by atoms with Crippen LogP contribution in [0.2, 0.25) is 0 Å². The third-order valence-electron chi connectivity index (χ3n) is 2.31. The average molecular weight is 231 g/mol. The SMILES string of the molecule is CC(C)NC(=O)c1cc(=O)oc2ccccc12. The molecule has 88 valence electrons. The quantitative estimate of drug-likeness (QED) is 0.803. The van der Waals surface area contributed by atoms with Gasteiger partial charge in [-0.2, -0.15) is 0 Å². The second-order valence-electron chi connectivity index (χ2n) is 4.10. The van der Waals surface area contributed by atoms with Crippen molar-refractivity contribution in [1.82, 2.24) is 5.32 Å². The first-order valence-electron chi connectivity index (χ1n) is 5.41. The predicted octanol–water partition coefficient (Wildman–Crippen LogP) is 1.93. The van der Waals surface area contributed by atoms with E-state index in [1.807, 2.05) is 13.8 Å². The molecule has 4 nitrogen and oxygen atoms in total. The van der Waals surface area contributed by atoms with Gasteiger partial charge in [-0.05, 0) is 19.9 Å². The highest BCUT2D eigenvalue weighted by Crippen LogP contribution is 2.16. The molecule has 0 saturated carbocycles. The van der Waals surface area contributed by atoms with Crippen molar-refractivity contribution in [3.05, 3.63) is 46.3 Å². The smallest absolute Gasteiger partial charge is 0.337 e. The Morgan fingerprint density at radius 2 is 2.00 bits per heavy atom. The summed E-state index contributed by atoms with van der Waals surface area (Å²) >= 11 is 0. The highest BCUT2D eigenvalue weighted by molar-refractivity contribution is 6.05. The van der Waals surface area contributed by atoms with Crippen molar-refractivity contribution < 1.29 is 9.21 Å². The molecule has 0 unspecified atom stereocenters. The first kappa shape index (κ1) is 11.4. The van der Waals surface area contributed by atoms with Crippen LogP contribution in [-0.2, 0) is 0 Å². The van der Waals surface area contributed by atoms with Crippen molar-refractivity contribution in [3.63, 3.8) is 0 Å². The molecular weight excluding hydrogens is 218 g/mol. The van der Waals surface area contributed by atoms with Crippen molar-refractivity contribution >= 4 is 16.9 Å². The summed E-state index contributed by atoms with van der Waals surface area (Å²) in [7, 11) is 0. The lowest BCUT2D eigenvalue weighted by Gasteiger charge is -2.09. The van der Waals surface area contributed by atoms with Gasteiger partial charge in [0.05, 0.1) is 5.56 Å². The van der Waals surface area contributed by atoms with Crippen LogP contribution in [0.1, 0.15) is 24.2 Å². The number of para-hydroxylation sites is 1. The molecule has 0 spiro atoms. The summed E-state index contributed by atoms with van der Waals surface area (Å²) in [5.41, 5.74) is 0.261. The Hall–Kier alpha value is -2.10. The van der Waals surface area contributed by atoms with Gasteiger partial charge < -0.3 is 9.73 Å². The van der Waals surface area contributed by atoms with Crippen LogP contribution in [0.25, 0.3) is 11.0 Å². The molecule has 1 N–H and O–H groups in total. The third-order valence-corrected chi connectivity index (χ3v) is 2.31. The maximum atomic E-state index is 11.9. The third kappa shape index (κ3) is 2.36. The molecule has 2 rings (SSSR count). The second-order valence-corrected chi connectivity index (χ2v) is 4.10. The van der Waals surface area contributed by atoms with Crippen molar-refractivity contribution in [2.75, 3.05) is 0 Å². The van der Waals surface area contributed by atoms with Crippen LogP contribution in [0.3, 0.4) is 0 Å². The fraction of sp³-hybridized carbons (Fsp3) is 0.231. The molecule has 0 aliphatic rings. The monoisotopic (exact) mass is 231 g/mol. The summed E-state index contributed by atoms with van der Waals surface area (Å²) in [6, 6.07) is 8.23. The Balaban J connectivity index is 2.60. The van der Waals surface area contributed by atoms with E-state index in [-0.39, 0.29) is 11.9 Å². The van der Waals surface area contributed by atoms with Gasteiger partial charge in [-0.3, -0.25) is 4.79 Å². The van der Waals surface area contributed by atoms with Gasteiger partial charge in [0.25, 0.3) is 5.91 Å². The van der Waals surface area contributed by atoms with Gasteiger partial charge in [0.2, 0.25) is 0 Å². The van der Waals surface area contributed by atoms with E-state index in [0.29, 0.717) is 16.5 Å². The Labute approximate surface area is 98.3 Å². The average Bonchev–Trinajstić information content (AvgIpc) is 2.26. The lowest BCUT2D eigenvalue weighted by molar-refractivity contribution is 0.0944. The van der Waals surface area contributed by atoms with Crippen LogP contribution in [0.15, 0.2) is 39.5 Å². The van der Waals surface area contributed by atoms with Gasteiger partial charge in [0.15, 0.2) is 0 Å². The van der Waals surface area contributed by atoms with Crippen molar-refractivity contribution in [1.29, 1.82) is 0 Å². The van der Waals surface area contributed by atoms with Gasteiger partial charge >= 0.3 is 5.63 Å². The summed E-state index contributed by atoms with van der Waals surface area (Å²) in [5, 5.41) is 3.40. The van der Waals surface area contributed by atoms with Crippen molar-refractivity contribution in [2.24, 2.45) is 0 Å². The van der Waals surface area contributed by atoms with Crippen LogP contribution in [0, 0.1) is 0 Å². The molecule has 0 fully saturated rings. The number of rotatable bonds is 2. The standard InChI is InChI=1S/C13H13NO3/c1-8(2)14-13(16)10-7-12(15)17-11-6-4-3-5-9(10)11/h3-8H,1-2H3,(H,14,16). The topological polar surface area (TPSA) is 59.3 Å². The van der Waals surface area contributed by atoms with E-state index < -0.39 is 5.63 Å². The molecule has 1 aromatic carbocycles. The maximum absolute atomic E-state index is 11.9. The minimum absolute atomic E-state index is 0.0218. The Bertz CT molecular complexity index is 613. The zero-order chi connectivity index (χ0) is 12.4. The van der Waals surface area contributed by atoms with Gasteiger partial charge in [-0.1, -0.05) is 18.2 Å². The number of nitrogens with one attached hydrogen (secondary N) is 1. The Morgan fingerprint density at radius 1 is 1.29 bits per heavy atom. The minimum Gasteiger partial charge on any atom is -0.423 e. The summed E-state index contributed by atoms with van der Waals surface area (Å²) < 4.78 is 5.02. The summed E-state index contributed by atoms with van der Waals surface area (Å²) in [6.07, 6.45) is 0. The van der Waals surface area contributed by atoms with E-state index >= 15 is 0 Å². The van der Waals surface area contributed by atoms with Crippen LogP contribution in [-0.4, -0.2) is 11.9 Å². The number of hydrogen-bond acceptors (Lipinski definition) is 3. The normalized spacial score (nSPS) is 10.8. The zero-order valence-corrected chi connectivity index (χ0v) is 9.69. The van der Waals surface area contributed by atoms with Gasteiger partial charge in [0, 0.05) is 17.5 Å². The molecule has 0 aliphatic carbocycles. The Kier molecular flexibility index (Phi) is 2.95. The summed E-state index contributed by atoms with van der Waals surface area (Å²) in [5.74, 6) is -0.260. The number of hydrogen-bond donors (Lipinski definition) is 1. The van der Waals surface area contributed by atoms with Crippen molar-refractivity contribution in [3.8, 4) is 0 Å². The van der Waals surface area contributed by atoms with Crippen molar-refractivity contribution in [2.45, 2.75) is 19.9 Å². The van der Waals surface area contributed by atoms with E-state index in [0.717, 1.165) is 0 Å². The largest absolute Gasteiger partial charge is 0.423 e. The highest BCUT2D eigenvalue weighted by Gasteiger charge is 2.13. The van der Waals surface area contributed by atoms with Crippen LogP contribution < -0.4 is 10.9 Å². The molecule has 1 amide bonds. The van der Waals surface area contributed by atoms with E-state index in [4.69, 9.17) is 4.42 Å². The lowest BCUT2D eigenvalue weighted by Crippen LogP contribution is -2.30. The molecule has 17 heavy (non-hydrogen) atoms. The molecule has 0 radical (unpaired) electrons. The van der Waals surface area contributed by atoms with Crippen LogP contribution in [0.4, 0.5) is 0 Å². The van der Waals surface area contributed by atoms with E-state index in [1.54, 1.807) is 24.3 Å². The minimum atomic E-state index is -0.516. The molecule has 1 aromatic heterocycles. The van der Waals surface area contributed by atoms with Gasteiger partial charge in [0.1, 0.15) is 5.58 Å². The number of amides is 1. The first-order valence-corrected chi connectivity index (χ1v) is 5.41. The van der Waals surface area contributed by atoms with Crippen LogP contribution >= 0.6 is 0 Å². The lowest BCUT2D eigenvalue weighted by atomic mass is 10.1. The number of carbonyl (C=O) groups is 1. The number of benzene rings is 1.